The van der Waals surface area contributed by atoms with Crippen LogP contribution >= 0.6 is 11.3 Å². The third-order valence-electron chi connectivity index (χ3n) is 2.50. The van der Waals surface area contributed by atoms with Gasteiger partial charge in [0.25, 0.3) is 0 Å². The van der Waals surface area contributed by atoms with Crippen molar-refractivity contribution in [3.05, 3.63) is 46.2 Å². The number of anilines is 1. The summed E-state index contributed by atoms with van der Waals surface area (Å²) < 4.78 is 10.5. The molecule has 0 aliphatic rings. The van der Waals surface area contributed by atoms with E-state index in [0.717, 1.165) is 5.56 Å². The first-order chi connectivity index (χ1) is 9.20. The Balaban J connectivity index is 2.01. The second-order valence-electron chi connectivity index (χ2n) is 3.89. The fourth-order valence-electron chi connectivity index (χ4n) is 1.57. The van der Waals surface area contributed by atoms with Crippen molar-refractivity contribution in [1.82, 2.24) is 0 Å². The van der Waals surface area contributed by atoms with Crippen LogP contribution in [0.5, 0.6) is 5.75 Å². The summed E-state index contributed by atoms with van der Waals surface area (Å²) >= 11 is 1.57. The molecule has 0 aliphatic carbocycles. The highest BCUT2D eigenvalue weighted by molar-refractivity contribution is 7.07. The van der Waals surface area contributed by atoms with Crippen LogP contribution in [0, 0.1) is 0 Å². The molecule has 4 nitrogen and oxygen atoms in total. The number of nitrogens with two attached hydrogens (primary N) is 1. The molecule has 0 fully saturated rings. The van der Waals surface area contributed by atoms with Crippen LogP contribution in [0.25, 0.3) is 0 Å². The van der Waals surface area contributed by atoms with E-state index in [1.54, 1.807) is 29.5 Å². The number of carbonyl (C=O) groups is 1. The zero-order valence-electron chi connectivity index (χ0n) is 10.6. The highest BCUT2D eigenvalue weighted by Crippen LogP contribution is 2.23. The van der Waals surface area contributed by atoms with E-state index in [1.807, 2.05) is 23.8 Å². The Morgan fingerprint density at radius 3 is 2.84 bits per heavy atom. The lowest BCUT2D eigenvalue weighted by Crippen LogP contribution is -2.06. The molecule has 0 aliphatic heterocycles. The number of hydrogen-bond acceptors (Lipinski definition) is 5. The highest BCUT2D eigenvalue weighted by Gasteiger charge is 2.10. The Kier molecular flexibility index (Phi) is 4.41. The first kappa shape index (κ1) is 13.4. The molecule has 1 heterocycles. The van der Waals surface area contributed by atoms with Gasteiger partial charge in [-0.15, -0.1) is 0 Å². The van der Waals surface area contributed by atoms with Gasteiger partial charge in [0.1, 0.15) is 12.4 Å². The molecule has 0 saturated heterocycles. The SMILES string of the molecule is CCOc1ccc(C(=O)OCc2ccsc2)cc1N. The van der Waals surface area contributed by atoms with E-state index in [0.29, 0.717) is 23.6 Å². The molecule has 19 heavy (non-hydrogen) atoms. The minimum atomic E-state index is -0.388. The van der Waals surface area contributed by atoms with Crippen molar-refractivity contribution in [3.8, 4) is 5.75 Å². The number of esters is 1. The maximum atomic E-state index is 11.8. The summed E-state index contributed by atoms with van der Waals surface area (Å²) in [5, 5.41) is 3.89. The summed E-state index contributed by atoms with van der Waals surface area (Å²) in [7, 11) is 0. The smallest absolute Gasteiger partial charge is 0.338 e. The van der Waals surface area contributed by atoms with Crippen LogP contribution in [0.15, 0.2) is 35.0 Å². The Morgan fingerprint density at radius 1 is 1.37 bits per heavy atom. The largest absolute Gasteiger partial charge is 0.492 e. The van der Waals surface area contributed by atoms with E-state index >= 15 is 0 Å². The van der Waals surface area contributed by atoms with Gasteiger partial charge in [-0.05, 0) is 41.9 Å². The quantitative estimate of drug-likeness (QED) is 0.674. The highest BCUT2D eigenvalue weighted by atomic mass is 32.1. The molecule has 0 spiro atoms. The van der Waals surface area contributed by atoms with E-state index in [1.165, 1.54) is 0 Å². The molecule has 1 aromatic heterocycles. The van der Waals surface area contributed by atoms with E-state index in [9.17, 15) is 4.79 Å². The molecule has 0 radical (unpaired) electrons. The maximum absolute atomic E-state index is 11.8. The molecular weight excluding hydrogens is 262 g/mol. The summed E-state index contributed by atoms with van der Waals surface area (Å²) in [4.78, 5) is 11.8. The average Bonchev–Trinajstić information content (AvgIpc) is 2.91. The lowest BCUT2D eigenvalue weighted by Gasteiger charge is -2.08. The van der Waals surface area contributed by atoms with Crippen LogP contribution < -0.4 is 10.5 Å². The molecule has 0 saturated carbocycles. The molecule has 2 rings (SSSR count). The topological polar surface area (TPSA) is 61.5 Å². The van der Waals surface area contributed by atoms with Crippen molar-refractivity contribution in [3.63, 3.8) is 0 Å². The molecule has 0 bridgehead atoms. The minimum absolute atomic E-state index is 0.273. The predicted octanol–water partition coefficient (Wildman–Crippen LogP) is 3.09. The number of thiophene rings is 1. The van der Waals surface area contributed by atoms with Gasteiger partial charge in [-0.3, -0.25) is 0 Å². The van der Waals surface area contributed by atoms with E-state index < -0.39 is 0 Å². The minimum Gasteiger partial charge on any atom is -0.492 e. The van der Waals surface area contributed by atoms with Crippen molar-refractivity contribution in [2.75, 3.05) is 12.3 Å². The van der Waals surface area contributed by atoms with Crippen molar-refractivity contribution in [2.45, 2.75) is 13.5 Å². The van der Waals surface area contributed by atoms with Gasteiger partial charge in [-0.25, -0.2) is 4.79 Å². The standard InChI is InChI=1S/C14H15NO3S/c1-2-17-13-4-3-11(7-12(13)15)14(16)18-8-10-5-6-19-9-10/h3-7,9H,2,8,15H2,1H3. The summed E-state index contributed by atoms with van der Waals surface area (Å²) in [6, 6.07) is 6.82. The number of benzene rings is 1. The van der Waals surface area contributed by atoms with Gasteiger partial charge in [-0.1, -0.05) is 0 Å². The summed E-state index contributed by atoms with van der Waals surface area (Å²) in [5.74, 6) is 0.192. The zero-order valence-corrected chi connectivity index (χ0v) is 11.4. The van der Waals surface area contributed by atoms with E-state index in [2.05, 4.69) is 0 Å². The molecule has 0 atom stereocenters. The first-order valence-electron chi connectivity index (χ1n) is 5.91. The lowest BCUT2D eigenvalue weighted by atomic mass is 10.2. The van der Waals surface area contributed by atoms with Crippen LogP contribution in [-0.2, 0) is 11.3 Å². The van der Waals surface area contributed by atoms with Crippen LogP contribution in [0.1, 0.15) is 22.8 Å². The molecule has 2 aromatic rings. The first-order valence-corrected chi connectivity index (χ1v) is 6.85. The number of carbonyl (C=O) groups excluding carboxylic acids is 1. The van der Waals surface area contributed by atoms with Gasteiger partial charge < -0.3 is 15.2 Å². The number of nitrogen functional groups attached to an aromatic ring is 1. The molecule has 0 unspecified atom stereocenters. The number of rotatable bonds is 5. The molecule has 5 heteroatoms. The van der Waals surface area contributed by atoms with Gasteiger partial charge in [0.2, 0.25) is 0 Å². The summed E-state index contributed by atoms with van der Waals surface area (Å²) in [6.45, 7) is 2.68. The molecule has 1 aromatic carbocycles. The van der Waals surface area contributed by atoms with Crippen molar-refractivity contribution in [2.24, 2.45) is 0 Å². The summed E-state index contributed by atoms with van der Waals surface area (Å²) in [5.41, 5.74) is 7.65. The Morgan fingerprint density at radius 2 is 2.21 bits per heavy atom. The number of hydrogen-bond donors (Lipinski definition) is 1. The van der Waals surface area contributed by atoms with Gasteiger partial charge >= 0.3 is 5.97 Å². The summed E-state index contributed by atoms with van der Waals surface area (Å²) in [6.07, 6.45) is 0. The fraction of sp³-hybridized carbons (Fsp3) is 0.214. The predicted molar refractivity (Wildman–Crippen MR) is 75.5 cm³/mol. The molecule has 0 amide bonds. The second kappa shape index (κ2) is 6.24. The molecular formula is C14H15NO3S. The van der Waals surface area contributed by atoms with Crippen molar-refractivity contribution >= 4 is 23.0 Å². The molecule has 100 valence electrons. The molecule has 2 N–H and O–H groups in total. The third-order valence-corrected chi connectivity index (χ3v) is 3.23. The normalized spacial score (nSPS) is 10.2. The van der Waals surface area contributed by atoms with Gasteiger partial charge in [0, 0.05) is 5.56 Å². The second-order valence-corrected chi connectivity index (χ2v) is 4.67. The Labute approximate surface area is 115 Å². The van der Waals surface area contributed by atoms with E-state index in [-0.39, 0.29) is 12.6 Å². The Bertz CT molecular complexity index is 552. The zero-order chi connectivity index (χ0) is 13.7. The third kappa shape index (κ3) is 3.48. The van der Waals surface area contributed by atoms with Gasteiger partial charge in [0.15, 0.2) is 0 Å². The van der Waals surface area contributed by atoms with Crippen molar-refractivity contribution in [1.29, 1.82) is 0 Å². The van der Waals surface area contributed by atoms with Gasteiger partial charge in [-0.2, -0.15) is 11.3 Å². The number of ether oxygens (including phenoxy) is 2. The van der Waals surface area contributed by atoms with Crippen LogP contribution in [0.4, 0.5) is 5.69 Å². The van der Waals surface area contributed by atoms with Crippen LogP contribution in [-0.4, -0.2) is 12.6 Å². The fourth-order valence-corrected chi connectivity index (χ4v) is 2.22. The lowest BCUT2D eigenvalue weighted by molar-refractivity contribution is 0.0473. The average molecular weight is 277 g/mol. The maximum Gasteiger partial charge on any atom is 0.338 e. The van der Waals surface area contributed by atoms with Crippen molar-refractivity contribution < 1.29 is 14.3 Å². The van der Waals surface area contributed by atoms with E-state index in [4.69, 9.17) is 15.2 Å². The van der Waals surface area contributed by atoms with Crippen LogP contribution in [0.2, 0.25) is 0 Å². The monoisotopic (exact) mass is 277 g/mol. The van der Waals surface area contributed by atoms with Crippen LogP contribution in [0.3, 0.4) is 0 Å². The van der Waals surface area contributed by atoms with Gasteiger partial charge in [0.05, 0.1) is 17.9 Å². The Hall–Kier alpha value is -2.01.